The molecule has 0 bridgehead atoms. The lowest BCUT2D eigenvalue weighted by atomic mass is 9.96. The molecule has 1 aliphatic rings. The number of aliphatic hydroxyl groups is 1. The quantitative estimate of drug-likeness (QED) is 0.229. The maximum atomic E-state index is 13.1. The second-order valence-corrected chi connectivity index (χ2v) is 11.6. The summed E-state index contributed by atoms with van der Waals surface area (Å²) in [4.78, 5) is 30.3. The Labute approximate surface area is 269 Å². The van der Waals surface area contributed by atoms with Crippen LogP contribution in [0.15, 0.2) is 64.3 Å². The Balaban J connectivity index is 1.32. The minimum atomic E-state index is -0.562. The zero-order chi connectivity index (χ0) is 32.5. The van der Waals surface area contributed by atoms with Crippen LogP contribution in [0.3, 0.4) is 0 Å². The highest BCUT2D eigenvalue weighted by molar-refractivity contribution is 6.36. The first-order valence-electron chi connectivity index (χ1n) is 14.8. The molecule has 6 rings (SSSR count). The van der Waals surface area contributed by atoms with Gasteiger partial charge in [-0.05, 0) is 36.6 Å². The number of hydrogen-bond donors (Lipinski definition) is 3. The number of ether oxygens (including phenoxy) is 2. The van der Waals surface area contributed by atoms with Crippen LogP contribution in [0.5, 0.6) is 5.88 Å². The van der Waals surface area contributed by atoms with Gasteiger partial charge in [0.05, 0.1) is 42.3 Å². The number of nitrogens with zero attached hydrogens (tertiary/aromatic N) is 5. The number of aryl methyl sites for hydroxylation is 1. The van der Waals surface area contributed by atoms with Crippen LogP contribution in [0.25, 0.3) is 33.3 Å². The van der Waals surface area contributed by atoms with Gasteiger partial charge in [-0.3, -0.25) is 13.9 Å². The standard InChI is InChI=1S/C33H34ClN7O5/c1-18-20(7-6-10-23(18)37-30-28-26(16-36-39-30)40(2)33(44)41(3)32(28)43)21-8-5-9-22(29(21)34)24-12-11-19(31(38-24)45-4)15-35-25-13-14-46-17-27(25)42/h5-12,16,25,27,35,42H,13-15,17H2,1-4H3,(H,37,39)/t25-,27+/m1/s1. The molecule has 2 aromatic carbocycles. The highest BCUT2D eigenvalue weighted by atomic mass is 35.5. The van der Waals surface area contributed by atoms with Gasteiger partial charge in [-0.25, -0.2) is 9.78 Å². The van der Waals surface area contributed by atoms with E-state index in [1.165, 1.54) is 17.8 Å². The number of rotatable bonds is 8. The molecule has 0 saturated carbocycles. The van der Waals surface area contributed by atoms with Gasteiger partial charge in [0.25, 0.3) is 5.56 Å². The summed E-state index contributed by atoms with van der Waals surface area (Å²) in [6.07, 6.45) is 1.57. The fourth-order valence-corrected chi connectivity index (χ4v) is 6.10. The Hall–Kier alpha value is -4.62. The molecule has 0 radical (unpaired) electrons. The smallest absolute Gasteiger partial charge is 0.330 e. The minimum absolute atomic E-state index is 0.0653. The Morgan fingerprint density at radius 2 is 1.83 bits per heavy atom. The molecule has 2 atom stereocenters. The van der Waals surface area contributed by atoms with E-state index < -0.39 is 17.4 Å². The summed E-state index contributed by atoms with van der Waals surface area (Å²) in [6, 6.07) is 15.3. The average Bonchev–Trinajstić information content (AvgIpc) is 3.07. The van der Waals surface area contributed by atoms with Crippen LogP contribution >= 0.6 is 11.6 Å². The van der Waals surface area contributed by atoms with Gasteiger partial charge in [0.2, 0.25) is 5.88 Å². The highest BCUT2D eigenvalue weighted by Gasteiger charge is 2.24. The lowest BCUT2D eigenvalue weighted by Gasteiger charge is -2.28. The zero-order valence-corrected chi connectivity index (χ0v) is 26.6. The molecule has 0 spiro atoms. The summed E-state index contributed by atoms with van der Waals surface area (Å²) in [6.45, 7) is 3.36. The number of pyridine rings is 1. The maximum Gasteiger partial charge on any atom is 0.330 e. The third kappa shape index (κ3) is 5.76. The van der Waals surface area contributed by atoms with E-state index in [-0.39, 0.29) is 17.2 Å². The molecular formula is C33H34ClN7O5. The summed E-state index contributed by atoms with van der Waals surface area (Å²) in [5, 5.41) is 25.9. The normalized spacial score (nSPS) is 16.5. The molecule has 0 aliphatic carbocycles. The summed E-state index contributed by atoms with van der Waals surface area (Å²) in [5.74, 6) is 0.709. The van der Waals surface area contributed by atoms with E-state index in [0.717, 1.165) is 38.8 Å². The molecular weight excluding hydrogens is 610 g/mol. The van der Waals surface area contributed by atoms with Crippen LogP contribution in [-0.4, -0.2) is 61.9 Å². The molecule has 3 N–H and O–H groups in total. The van der Waals surface area contributed by atoms with Crippen molar-refractivity contribution in [2.75, 3.05) is 25.6 Å². The average molecular weight is 644 g/mol. The molecule has 46 heavy (non-hydrogen) atoms. The molecule has 1 saturated heterocycles. The number of nitrogens with one attached hydrogen (secondary N) is 2. The molecule has 4 heterocycles. The molecule has 0 unspecified atom stereocenters. The van der Waals surface area contributed by atoms with E-state index in [9.17, 15) is 14.7 Å². The van der Waals surface area contributed by atoms with Gasteiger partial charge in [-0.1, -0.05) is 48.0 Å². The first-order chi connectivity index (χ1) is 22.2. The van der Waals surface area contributed by atoms with Crippen molar-refractivity contribution in [2.24, 2.45) is 14.1 Å². The fraction of sp³-hybridized carbons (Fsp3) is 0.303. The molecule has 13 heteroatoms. The van der Waals surface area contributed by atoms with Crippen molar-refractivity contribution in [3.05, 3.63) is 91.7 Å². The Morgan fingerprint density at radius 1 is 1.07 bits per heavy atom. The summed E-state index contributed by atoms with van der Waals surface area (Å²) in [7, 11) is 4.60. The fourth-order valence-electron chi connectivity index (χ4n) is 5.77. The van der Waals surface area contributed by atoms with Gasteiger partial charge in [-0.15, -0.1) is 5.10 Å². The molecule has 3 aromatic heterocycles. The lowest BCUT2D eigenvalue weighted by Crippen LogP contribution is -2.46. The molecule has 5 aromatic rings. The van der Waals surface area contributed by atoms with E-state index in [0.29, 0.717) is 47.6 Å². The third-order valence-corrected chi connectivity index (χ3v) is 8.86. The zero-order valence-electron chi connectivity index (χ0n) is 25.9. The third-order valence-electron chi connectivity index (χ3n) is 8.45. The molecule has 1 aliphatic heterocycles. The van der Waals surface area contributed by atoms with E-state index in [1.54, 1.807) is 14.2 Å². The second kappa shape index (κ2) is 13.0. The number of aliphatic hydroxyl groups excluding tert-OH is 1. The van der Waals surface area contributed by atoms with Gasteiger partial charge in [0.15, 0.2) is 5.82 Å². The number of fused-ring (bicyclic) bond motifs is 1. The maximum absolute atomic E-state index is 13.1. The van der Waals surface area contributed by atoms with Crippen molar-refractivity contribution in [2.45, 2.75) is 32.0 Å². The van der Waals surface area contributed by atoms with Crippen LogP contribution in [-0.2, 0) is 25.4 Å². The van der Waals surface area contributed by atoms with E-state index in [2.05, 4.69) is 20.8 Å². The number of anilines is 2. The van der Waals surface area contributed by atoms with Crippen molar-refractivity contribution in [1.82, 2.24) is 29.6 Å². The predicted octanol–water partition coefficient (Wildman–Crippen LogP) is 3.71. The van der Waals surface area contributed by atoms with Crippen molar-refractivity contribution >= 4 is 34.0 Å². The molecule has 1 fully saturated rings. The molecule has 12 nitrogen and oxygen atoms in total. The second-order valence-electron chi connectivity index (χ2n) is 11.2. The van der Waals surface area contributed by atoms with E-state index in [4.69, 9.17) is 26.1 Å². The highest BCUT2D eigenvalue weighted by Crippen LogP contribution is 2.39. The molecule has 0 amide bonds. The van der Waals surface area contributed by atoms with Gasteiger partial charge >= 0.3 is 5.69 Å². The van der Waals surface area contributed by atoms with Gasteiger partial charge < -0.3 is 25.2 Å². The number of halogens is 1. The van der Waals surface area contributed by atoms with E-state index >= 15 is 0 Å². The predicted molar refractivity (Wildman–Crippen MR) is 177 cm³/mol. The van der Waals surface area contributed by atoms with Crippen LogP contribution in [0.2, 0.25) is 5.02 Å². The van der Waals surface area contributed by atoms with Crippen LogP contribution in [0, 0.1) is 6.92 Å². The largest absolute Gasteiger partial charge is 0.481 e. The summed E-state index contributed by atoms with van der Waals surface area (Å²) in [5.41, 5.74) is 4.93. The Morgan fingerprint density at radius 3 is 2.61 bits per heavy atom. The van der Waals surface area contributed by atoms with Crippen molar-refractivity contribution in [3.8, 4) is 28.3 Å². The number of aromatic nitrogens is 5. The number of benzene rings is 2. The lowest BCUT2D eigenvalue weighted by molar-refractivity contribution is -0.0281. The Kier molecular flexibility index (Phi) is 8.87. The van der Waals surface area contributed by atoms with Crippen LogP contribution < -0.4 is 26.6 Å². The van der Waals surface area contributed by atoms with Crippen molar-refractivity contribution < 1.29 is 14.6 Å². The van der Waals surface area contributed by atoms with Gasteiger partial charge in [0.1, 0.15) is 5.39 Å². The first kappa shape index (κ1) is 31.4. The van der Waals surface area contributed by atoms with Crippen molar-refractivity contribution in [3.63, 3.8) is 0 Å². The minimum Gasteiger partial charge on any atom is -0.481 e. The van der Waals surface area contributed by atoms with E-state index in [1.807, 2.05) is 55.5 Å². The van der Waals surface area contributed by atoms with Crippen molar-refractivity contribution in [1.29, 1.82) is 0 Å². The van der Waals surface area contributed by atoms with Gasteiger partial charge in [0, 0.05) is 55.7 Å². The van der Waals surface area contributed by atoms with Crippen LogP contribution in [0.4, 0.5) is 11.5 Å². The topological polar surface area (TPSA) is 145 Å². The summed E-state index contributed by atoms with van der Waals surface area (Å²) < 4.78 is 13.4. The monoisotopic (exact) mass is 643 g/mol. The molecule has 238 valence electrons. The number of methoxy groups -OCH3 is 1. The summed E-state index contributed by atoms with van der Waals surface area (Å²) >= 11 is 7.07. The first-order valence-corrected chi connectivity index (χ1v) is 15.2. The van der Waals surface area contributed by atoms with Gasteiger partial charge in [-0.2, -0.15) is 5.10 Å². The number of hydrogen-bond acceptors (Lipinski definition) is 10. The Bertz CT molecular complexity index is 2060. The SMILES string of the molecule is COc1nc(-c2cccc(-c3cccc(Nc4nncc5c4c(=O)n(C)c(=O)n5C)c3C)c2Cl)ccc1CN[C@@H]1CCOC[C@@H]1O. The van der Waals surface area contributed by atoms with Crippen LogP contribution in [0.1, 0.15) is 17.5 Å².